The predicted octanol–water partition coefficient (Wildman–Crippen LogP) is 2.77. The number of carbonyl (C=O) groups is 1. The fourth-order valence-electron chi connectivity index (χ4n) is 3.00. The second kappa shape index (κ2) is 10.8. The van der Waals surface area contributed by atoms with Crippen LogP contribution in [0.4, 0.5) is 0 Å². The quantitative estimate of drug-likeness (QED) is 0.520. The molecular weight excluding hydrogens is 410 g/mol. The van der Waals surface area contributed by atoms with E-state index < -0.39 is 0 Å². The maximum absolute atomic E-state index is 12.1. The van der Waals surface area contributed by atoms with Gasteiger partial charge in [0.05, 0.1) is 33.6 Å². The first-order valence-corrected chi connectivity index (χ1v) is 9.94. The number of hydrogen-bond acceptors (Lipinski definition) is 6. The summed E-state index contributed by atoms with van der Waals surface area (Å²) in [5, 5.41) is 7.15. The zero-order valence-corrected chi connectivity index (χ0v) is 18.2. The standard InChI is InChI=1S/C24H25N3O5/c1-30-19-8-6-18(7-9-19)20-10-13-24(29)27(26-20)15-14-25-23(28)12-5-17-4-11-21(31-2)22(16-17)32-3/h4-13,16H,14-15H2,1-3H3,(H,25,28)/b12-5+. The van der Waals surface area contributed by atoms with Crippen molar-refractivity contribution in [3.8, 4) is 28.5 Å². The monoisotopic (exact) mass is 435 g/mol. The van der Waals surface area contributed by atoms with E-state index in [0.29, 0.717) is 17.2 Å². The Kier molecular flexibility index (Phi) is 7.64. The van der Waals surface area contributed by atoms with Crippen LogP contribution in [0.1, 0.15) is 5.56 Å². The first-order chi connectivity index (χ1) is 15.5. The van der Waals surface area contributed by atoms with Gasteiger partial charge >= 0.3 is 0 Å². The summed E-state index contributed by atoms with van der Waals surface area (Å²) in [5.74, 6) is 1.66. The summed E-state index contributed by atoms with van der Waals surface area (Å²) in [6.45, 7) is 0.507. The molecule has 3 rings (SSSR count). The Morgan fingerprint density at radius 2 is 1.72 bits per heavy atom. The Labute approximate surface area is 186 Å². The van der Waals surface area contributed by atoms with E-state index in [-0.39, 0.29) is 24.6 Å². The average Bonchev–Trinajstić information content (AvgIpc) is 2.83. The zero-order valence-electron chi connectivity index (χ0n) is 18.2. The van der Waals surface area contributed by atoms with Gasteiger partial charge in [-0.15, -0.1) is 0 Å². The highest BCUT2D eigenvalue weighted by molar-refractivity contribution is 5.91. The van der Waals surface area contributed by atoms with Gasteiger partial charge in [-0.3, -0.25) is 9.59 Å². The van der Waals surface area contributed by atoms with Crippen LogP contribution in [-0.2, 0) is 11.3 Å². The van der Waals surface area contributed by atoms with Crippen LogP contribution in [0.5, 0.6) is 17.2 Å². The number of nitrogens with zero attached hydrogens (tertiary/aromatic N) is 2. The lowest BCUT2D eigenvalue weighted by Gasteiger charge is -2.08. The van der Waals surface area contributed by atoms with Crippen molar-refractivity contribution in [3.63, 3.8) is 0 Å². The normalized spacial score (nSPS) is 10.7. The first-order valence-electron chi connectivity index (χ1n) is 9.94. The molecular formula is C24H25N3O5. The van der Waals surface area contributed by atoms with E-state index in [0.717, 1.165) is 16.9 Å². The Morgan fingerprint density at radius 1 is 0.969 bits per heavy atom. The van der Waals surface area contributed by atoms with Gasteiger partial charge in [-0.25, -0.2) is 4.68 Å². The van der Waals surface area contributed by atoms with E-state index in [1.165, 1.54) is 16.8 Å². The number of carbonyl (C=O) groups excluding carboxylic acids is 1. The van der Waals surface area contributed by atoms with Crippen molar-refractivity contribution in [2.24, 2.45) is 0 Å². The second-order valence-electron chi connectivity index (χ2n) is 6.75. The van der Waals surface area contributed by atoms with Gasteiger partial charge < -0.3 is 19.5 Å². The molecule has 0 aliphatic rings. The molecule has 0 aliphatic carbocycles. The van der Waals surface area contributed by atoms with Gasteiger partial charge in [0.2, 0.25) is 5.91 Å². The number of rotatable bonds is 9. The smallest absolute Gasteiger partial charge is 0.266 e. The molecule has 8 nitrogen and oxygen atoms in total. The SMILES string of the molecule is COc1ccc(-c2ccc(=O)n(CCNC(=O)/C=C/c3ccc(OC)c(OC)c3)n2)cc1. The number of hydrogen-bond donors (Lipinski definition) is 1. The van der Waals surface area contributed by atoms with Gasteiger partial charge in [0.1, 0.15) is 5.75 Å². The highest BCUT2D eigenvalue weighted by Crippen LogP contribution is 2.27. The fourth-order valence-corrected chi connectivity index (χ4v) is 3.00. The third kappa shape index (κ3) is 5.75. The van der Waals surface area contributed by atoms with E-state index >= 15 is 0 Å². The molecule has 0 aliphatic heterocycles. The van der Waals surface area contributed by atoms with Crippen molar-refractivity contribution in [1.82, 2.24) is 15.1 Å². The lowest BCUT2D eigenvalue weighted by molar-refractivity contribution is -0.116. The van der Waals surface area contributed by atoms with Crippen LogP contribution >= 0.6 is 0 Å². The number of ether oxygens (including phenoxy) is 3. The van der Waals surface area contributed by atoms with Gasteiger partial charge in [0, 0.05) is 24.3 Å². The van der Waals surface area contributed by atoms with Crippen LogP contribution in [0.3, 0.4) is 0 Å². The van der Waals surface area contributed by atoms with Crippen molar-refractivity contribution in [2.75, 3.05) is 27.9 Å². The van der Waals surface area contributed by atoms with Crippen LogP contribution in [0.25, 0.3) is 17.3 Å². The minimum atomic E-state index is -0.279. The molecule has 1 N–H and O–H groups in total. The van der Waals surface area contributed by atoms with Crippen LogP contribution in [0.15, 0.2) is 65.5 Å². The highest BCUT2D eigenvalue weighted by Gasteiger charge is 2.06. The fraction of sp³-hybridized carbons (Fsp3) is 0.208. The minimum absolute atomic E-state index is 0.239. The third-order valence-electron chi connectivity index (χ3n) is 4.71. The summed E-state index contributed by atoms with van der Waals surface area (Å²) in [7, 11) is 4.72. The maximum atomic E-state index is 12.1. The summed E-state index contributed by atoms with van der Waals surface area (Å²) >= 11 is 0. The Hall–Kier alpha value is -4.07. The summed E-state index contributed by atoms with van der Waals surface area (Å²) in [6, 6.07) is 15.9. The number of benzene rings is 2. The van der Waals surface area contributed by atoms with Gasteiger partial charge in [-0.2, -0.15) is 5.10 Å². The molecule has 1 heterocycles. The van der Waals surface area contributed by atoms with E-state index in [1.807, 2.05) is 30.3 Å². The summed E-state index contributed by atoms with van der Waals surface area (Å²) in [5.41, 5.74) is 2.08. The Bertz CT molecular complexity index is 1150. The lowest BCUT2D eigenvalue weighted by atomic mass is 10.1. The minimum Gasteiger partial charge on any atom is -0.497 e. The van der Waals surface area contributed by atoms with E-state index in [4.69, 9.17) is 14.2 Å². The highest BCUT2D eigenvalue weighted by atomic mass is 16.5. The van der Waals surface area contributed by atoms with Gasteiger partial charge in [0.15, 0.2) is 11.5 Å². The van der Waals surface area contributed by atoms with Crippen LogP contribution in [-0.4, -0.2) is 43.6 Å². The van der Waals surface area contributed by atoms with E-state index in [9.17, 15) is 9.59 Å². The van der Waals surface area contributed by atoms with Crippen LogP contribution in [0, 0.1) is 0 Å². The van der Waals surface area contributed by atoms with Crippen molar-refractivity contribution in [1.29, 1.82) is 0 Å². The molecule has 0 saturated heterocycles. The van der Waals surface area contributed by atoms with E-state index in [1.54, 1.807) is 45.6 Å². The number of amides is 1. The lowest BCUT2D eigenvalue weighted by Crippen LogP contribution is -2.31. The van der Waals surface area contributed by atoms with Crippen molar-refractivity contribution in [3.05, 3.63) is 76.6 Å². The molecule has 32 heavy (non-hydrogen) atoms. The molecule has 0 spiro atoms. The van der Waals surface area contributed by atoms with Crippen LogP contribution in [0.2, 0.25) is 0 Å². The second-order valence-corrected chi connectivity index (χ2v) is 6.75. The van der Waals surface area contributed by atoms with Gasteiger partial charge in [-0.05, 0) is 54.1 Å². The van der Waals surface area contributed by atoms with Crippen molar-refractivity contribution >= 4 is 12.0 Å². The van der Waals surface area contributed by atoms with Gasteiger partial charge in [0.25, 0.3) is 5.56 Å². The molecule has 0 radical (unpaired) electrons. The predicted molar refractivity (Wildman–Crippen MR) is 122 cm³/mol. The molecule has 0 saturated carbocycles. The van der Waals surface area contributed by atoms with Crippen LogP contribution < -0.4 is 25.1 Å². The Morgan fingerprint density at radius 3 is 2.41 bits per heavy atom. The van der Waals surface area contributed by atoms with Crippen molar-refractivity contribution < 1.29 is 19.0 Å². The molecule has 1 amide bonds. The number of methoxy groups -OCH3 is 3. The zero-order chi connectivity index (χ0) is 22.9. The molecule has 0 bridgehead atoms. The molecule has 1 aromatic heterocycles. The van der Waals surface area contributed by atoms with E-state index in [2.05, 4.69) is 10.4 Å². The largest absolute Gasteiger partial charge is 0.497 e. The number of aromatic nitrogens is 2. The molecule has 0 atom stereocenters. The first kappa shape index (κ1) is 22.6. The number of nitrogens with one attached hydrogen (secondary N) is 1. The molecule has 8 heteroatoms. The molecule has 3 aromatic rings. The average molecular weight is 435 g/mol. The summed E-state index contributed by atoms with van der Waals surface area (Å²) in [4.78, 5) is 24.3. The summed E-state index contributed by atoms with van der Waals surface area (Å²) < 4.78 is 16.9. The molecule has 0 fully saturated rings. The molecule has 2 aromatic carbocycles. The molecule has 166 valence electrons. The van der Waals surface area contributed by atoms with Crippen molar-refractivity contribution in [2.45, 2.75) is 6.54 Å². The van der Waals surface area contributed by atoms with Gasteiger partial charge in [-0.1, -0.05) is 6.07 Å². The third-order valence-corrected chi connectivity index (χ3v) is 4.71. The Balaban J connectivity index is 1.59. The summed E-state index contributed by atoms with van der Waals surface area (Å²) in [6.07, 6.45) is 3.09. The maximum Gasteiger partial charge on any atom is 0.266 e. The topological polar surface area (TPSA) is 91.7 Å². The molecule has 0 unspecified atom stereocenters.